The Bertz CT molecular complexity index is 1280. The summed E-state index contributed by atoms with van der Waals surface area (Å²) in [6.07, 6.45) is 5.42. The van der Waals surface area contributed by atoms with E-state index in [4.69, 9.17) is 4.74 Å². The van der Waals surface area contributed by atoms with Crippen LogP contribution >= 0.6 is 0 Å². The van der Waals surface area contributed by atoms with E-state index < -0.39 is 56.8 Å². The predicted octanol–water partition coefficient (Wildman–Crippen LogP) is 5.54. The first kappa shape index (κ1) is 29.2. The van der Waals surface area contributed by atoms with Crippen molar-refractivity contribution in [2.45, 2.75) is 92.0 Å². The summed E-state index contributed by atoms with van der Waals surface area (Å²) in [6, 6.07) is 8.55. The van der Waals surface area contributed by atoms with E-state index in [1.54, 1.807) is 64.1 Å². The molecule has 1 heterocycles. The fraction of sp³-hybridized carbons (Fsp3) is 0.545. The number of fused-ring (bicyclic) bond motifs is 1. The summed E-state index contributed by atoms with van der Waals surface area (Å²) in [6.45, 7) is 14.1. The monoisotopic (exact) mass is 534 g/mol. The lowest BCUT2D eigenvalue weighted by Crippen LogP contribution is -2.69. The Hall–Kier alpha value is -2.83. The Morgan fingerprint density at radius 1 is 1.05 bits per heavy atom. The first-order valence-electron chi connectivity index (χ1n) is 13.8. The highest BCUT2D eigenvalue weighted by atomic mass is 16.5. The van der Waals surface area contributed by atoms with Crippen LogP contribution in [0.1, 0.15) is 85.0 Å². The summed E-state index contributed by atoms with van der Waals surface area (Å²) in [5.74, 6) is -1.58. The Balaban J connectivity index is 2.08. The van der Waals surface area contributed by atoms with Gasteiger partial charge in [-0.05, 0) is 65.7 Å². The lowest BCUT2D eigenvalue weighted by Gasteiger charge is -2.58. The van der Waals surface area contributed by atoms with Gasteiger partial charge in [0.05, 0.1) is 16.6 Å². The quantitative estimate of drug-likeness (QED) is 0.271. The Morgan fingerprint density at radius 3 is 2.21 bits per heavy atom. The molecule has 4 atom stereocenters. The summed E-state index contributed by atoms with van der Waals surface area (Å²) >= 11 is 0. The van der Waals surface area contributed by atoms with Gasteiger partial charge in [0, 0.05) is 17.6 Å². The van der Waals surface area contributed by atoms with Gasteiger partial charge in [-0.25, -0.2) is 0 Å². The molecule has 2 N–H and O–H groups in total. The van der Waals surface area contributed by atoms with Gasteiger partial charge in [-0.2, -0.15) is 0 Å². The summed E-state index contributed by atoms with van der Waals surface area (Å²) in [7, 11) is 0. The number of hydrogen-bond donors (Lipinski definition) is 2. The van der Waals surface area contributed by atoms with Crippen molar-refractivity contribution in [2.24, 2.45) is 22.2 Å². The minimum atomic E-state index is -1.99. The second-order valence-electron chi connectivity index (χ2n) is 13.5. The molecule has 2 bridgehead atoms. The molecular weight excluding hydrogens is 492 g/mol. The maximum absolute atomic E-state index is 15.0. The van der Waals surface area contributed by atoms with Crippen molar-refractivity contribution in [3.8, 4) is 0 Å². The Labute approximate surface area is 231 Å². The van der Waals surface area contributed by atoms with Crippen molar-refractivity contribution in [3.05, 3.63) is 71.0 Å². The van der Waals surface area contributed by atoms with E-state index in [1.165, 1.54) is 0 Å². The van der Waals surface area contributed by atoms with Crippen molar-refractivity contribution >= 4 is 17.3 Å². The van der Waals surface area contributed by atoms with Gasteiger partial charge in [-0.3, -0.25) is 14.4 Å². The van der Waals surface area contributed by atoms with E-state index in [2.05, 4.69) is 0 Å². The number of hydrogen-bond acceptors (Lipinski definition) is 6. The maximum atomic E-state index is 15.0. The fourth-order valence-corrected chi connectivity index (χ4v) is 6.67. The van der Waals surface area contributed by atoms with E-state index in [1.807, 2.05) is 39.8 Å². The average Bonchev–Trinajstić information content (AvgIpc) is 3.21. The molecule has 0 radical (unpaired) electrons. The number of ether oxygens (including phenoxy) is 1. The number of Topliss-reactive ketones (excluding diaryl/α,β-unsaturated/α-hetero) is 3. The summed E-state index contributed by atoms with van der Waals surface area (Å²) in [5, 5.41) is 21.5. The molecule has 2 aliphatic carbocycles. The molecule has 1 aromatic rings. The van der Waals surface area contributed by atoms with Crippen molar-refractivity contribution in [1.82, 2.24) is 0 Å². The summed E-state index contributed by atoms with van der Waals surface area (Å²) in [4.78, 5) is 44.4. The molecule has 39 heavy (non-hydrogen) atoms. The van der Waals surface area contributed by atoms with Gasteiger partial charge in [-0.1, -0.05) is 68.0 Å². The topological polar surface area (TPSA) is 101 Å². The maximum Gasteiger partial charge on any atom is 0.184 e. The zero-order valence-electron chi connectivity index (χ0n) is 24.4. The zero-order chi connectivity index (χ0) is 29.2. The molecule has 4 rings (SSSR count). The van der Waals surface area contributed by atoms with Gasteiger partial charge in [0.15, 0.2) is 22.8 Å². The third kappa shape index (κ3) is 4.46. The van der Waals surface area contributed by atoms with Gasteiger partial charge in [0.1, 0.15) is 11.9 Å². The SMILES string of the molecule is CC(C)=CCC1=C2O[C@@H](C(C)(C)O)C[C@]23C[C@@H](/C=C/C(C)(C)O)C(C)(C)[C@@](C(=O)c2ccccc2)(C1=O)C3=O. The molecule has 0 aromatic heterocycles. The number of aliphatic hydroxyl groups is 2. The number of rotatable bonds is 7. The smallest absolute Gasteiger partial charge is 0.184 e. The number of benzene rings is 1. The fourth-order valence-electron chi connectivity index (χ4n) is 6.67. The van der Waals surface area contributed by atoms with E-state index in [0.29, 0.717) is 23.3 Å². The van der Waals surface area contributed by atoms with Gasteiger partial charge >= 0.3 is 0 Å². The van der Waals surface area contributed by atoms with Gasteiger partial charge < -0.3 is 14.9 Å². The van der Waals surface area contributed by atoms with Crippen LogP contribution in [0.5, 0.6) is 0 Å². The Kier molecular flexibility index (Phi) is 7.01. The molecule has 1 saturated heterocycles. The molecule has 6 nitrogen and oxygen atoms in total. The molecular formula is C33H42O6. The van der Waals surface area contributed by atoms with Crippen molar-refractivity contribution in [2.75, 3.05) is 0 Å². The number of ketones is 3. The van der Waals surface area contributed by atoms with Gasteiger partial charge in [0.25, 0.3) is 0 Å². The molecule has 3 aliphatic rings. The minimum Gasteiger partial charge on any atom is -0.490 e. The zero-order valence-corrected chi connectivity index (χ0v) is 24.4. The number of carbonyl (C=O) groups is 3. The average molecular weight is 535 g/mol. The van der Waals surface area contributed by atoms with Gasteiger partial charge in [0.2, 0.25) is 0 Å². The molecule has 1 aromatic carbocycles. The van der Waals surface area contributed by atoms with Crippen LogP contribution in [0.2, 0.25) is 0 Å². The highest BCUT2D eigenvalue weighted by Gasteiger charge is 2.77. The van der Waals surface area contributed by atoms with Crippen molar-refractivity contribution in [1.29, 1.82) is 0 Å². The minimum absolute atomic E-state index is 0.170. The molecule has 1 spiro atoms. The summed E-state index contributed by atoms with van der Waals surface area (Å²) < 4.78 is 6.36. The molecule has 2 fully saturated rings. The molecule has 210 valence electrons. The normalized spacial score (nSPS) is 30.3. The van der Waals surface area contributed by atoms with Crippen LogP contribution in [-0.4, -0.2) is 44.9 Å². The Morgan fingerprint density at radius 2 is 1.67 bits per heavy atom. The van der Waals surface area contributed by atoms with Crippen LogP contribution in [0.4, 0.5) is 0 Å². The molecule has 0 unspecified atom stereocenters. The molecule has 0 amide bonds. The highest BCUT2D eigenvalue weighted by Crippen LogP contribution is 2.68. The highest BCUT2D eigenvalue weighted by molar-refractivity contribution is 6.36. The van der Waals surface area contributed by atoms with Crippen LogP contribution < -0.4 is 0 Å². The first-order valence-corrected chi connectivity index (χ1v) is 13.8. The van der Waals surface area contributed by atoms with E-state index in [0.717, 1.165) is 5.57 Å². The van der Waals surface area contributed by atoms with Crippen molar-refractivity contribution < 1.29 is 29.3 Å². The van der Waals surface area contributed by atoms with E-state index >= 15 is 0 Å². The number of carbonyl (C=O) groups excluding carboxylic acids is 3. The second kappa shape index (κ2) is 9.38. The van der Waals surface area contributed by atoms with Crippen LogP contribution in [-0.2, 0) is 14.3 Å². The third-order valence-corrected chi connectivity index (χ3v) is 8.97. The molecule has 1 aliphatic heterocycles. The molecule has 6 heteroatoms. The lowest BCUT2D eigenvalue weighted by molar-refractivity contribution is -0.160. The third-order valence-electron chi connectivity index (χ3n) is 8.97. The van der Waals surface area contributed by atoms with E-state index in [9.17, 15) is 24.6 Å². The van der Waals surface area contributed by atoms with Crippen LogP contribution in [0.25, 0.3) is 0 Å². The number of allylic oxidation sites excluding steroid dienone is 5. The van der Waals surface area contributed by atoms with Crippen LogP contribution in [0, 0.1) is 22.2 Å². The largest absolute Gasteiger partial charge is 0.490 e. The van der Waals surface area contributed by atoms with Crippen molar-refractivity contribution in [3.63, 3.8) is 0 Å². The second-order valence-corrected chi connectivity index (χ2v) is 13.5. The summed E-state index contributed by atoms with van der Waals surface area (Å²) in [5.41, 5.74) is -5.12. The van der Waals surface area contributed by atoms with Crippen LogP contribution in [0.3, 0.4) is 0 Å². The first-order chi connectivity index (χ1) is 17.9. The predicted molar refractivity (Wildman–Crippen MR) is 150 cm³/mol. The lowest BCUT2D eigenvalue weighted by atomic mass is 9.40. The van der Waals surface area contributed by atoms with Crippen LogP contribution in [0.15, 0.2) is 65.5 Å². The van der Waals surface area contributed by atoms with Gasteiger partial charge in [-0.15, -0.1) is 0 Å². The molecule has 1 saturated carbocycles. The van der Waals surface area contributed by atoms with E-state index in [-0.39, 0.29) is 12.8 Å². The standard InChI is InChI=1S/C33H42O6/c1-20(2)14-15-23-26(35)33(25(34)21-12-10-9-11-13-21)28(36)32(19-24(31(7,8)38)39-27(23)32)18-22(30(33,5)6)16-17-29(3,4)37/h9-14,16-17,22,24,37-38H,15,18-19H2,1-8H3/b17-16+/t22-,24-,32-,33+/m1/s1.